The normalized spacial score (nSPS) is 14.1. The lowest BCUT2D eigenvalue weighted by Crippen LogP contribution is -2.50. The number of carbonyl (C=O) groups excluding carboxylic acids is 1. The Morgan fingerprint density at radius 3 is 2.37 bits per heavy atom. The van der Waals surface area contributed by atoms with Gasteiger partial charge in [-0.15, -0.1) is 0 Å². The first-order chi connectivity index (χ1) is 12.8. The molecule has 0 aliphatic carbocycles. The molecule has 0 bridgehead atoms. The second-order valence-corrected chi connectivity index (χ2v) is 7.93. The van der Waals surface area contributed by atoms with Gasteiger partial charge in [0, 0.05) is 23.3 Å². The molecule has 8 nitrogen and oxygen atoms in total. The zero-order valence-electron chi connectivity index (χ0n) is 14.4. The predicted molar refractivity (Wildman–Crippen MR) is 105 cm³/mol. The van der Waals surface area contributed by atoms with Crippen molar-refractivity contribution in [2.24, 2.45) is 4.99 Å². The number of nitrogens with zero attached hydrogens (tertiary/aromatic N) is 2. The summed E-state index contributed by atoms with van der Waals surface area (Å²) in [6.45, 7) is 2.07. The van der Waals surface area contributed by atoms with E-state index < -0.39 is 10.0 Å². The Hall–Kier alpha value is -2.78. The van der Waals surface area contributed by atoms with Crippen LogP contribution in [0.1, 0.15) is 6.92 Å². The number of hydrogen-bond acceptors (Lipinski definition) is 6. The fourth-order valence-electron chi connectivity index (χ4n) is 2.43. The van der Waals surface area contributed by atoms with Gasteiger partial charge in [-0.05, 0) is 48.5 Å². The topological polar surface area (TPSA) is 103 Å². The molecule has 2 aromatic carbocycles. The highest BCUT2D eigenvalue weighted by molar-refractivity contribution is 7.90. The zero-order valence-corrected chi connectivity index (χ0v) is 16.0. The van der Waals surface area contributed by atoms with E-state index in [-0.39, 0.29) is 16.8 Å². The Bertz CT molecular complexity index is 959. The first-order valence-corrected chi connectivity index (χ1v) is 9.89. The second-order valence-electron chi connectivity index (χ2n) is 5.81. The smallest absolute Gasteiger partial charge is 0.264 e. The monoisotopic (exact) mass is 407 g/mol. The van der Waals surface area contributed by atoms with E-state index in [1.54, 1.807) is 12.1 Å². The summed E-state index contributed by atoms with van der Waals surface area (Å²) in [4.78, 5) is 17.3. The Morgan fingerprint density at radius 1 is 1.15 bits per heavy atom. The number of aliphatic imine (C=N–C) groups is 1. The second kappa shape index (κ2) is 7.85. The molecule has 1 heterocycles. The Balaban J connectivity index is 1.66. The molecular formula is C17H18ClN5O3S. The summed E-state index contributed by atoms with van der Waals surface area (Å²) in [5.41, 5.74) is 1.44. The van der Waals surface area contributed by atoms with E-state index in [0.29, 0.717) is 24.0 Å². The van der Waals surface area contributed by atoms with Crippen LogP contribution in [-0.4, -0.2) is 33.6 Å². The average molecular weight is 408 g/mol. The average Bonchev–Trinajstić information content (AvgIpc) is 2.63. The third-order valence-electron chi connectivity index (χ3n) is 3.74. The molecule has 142 valence electrons. The van der Waals surface area contributed by atoms with Crippen LogP contribution in [-0.2, 0) is 14.8 Å². The molecule has 0 saturated heterocycles. The van der Waals surface area contributed by atoms with Crippen LogP contribution in [0.15, 0.2) is 58.4 Å². The lowest BCUT2D eigenvalue weighted by atomic mass is 10.3. The van der Waals surface area contributed by atoms with Gasteiger partial charge in [0.1, 0.15) is 6.67 Å². The minimum Gasteiger partial charge on any atom is -0.338 e. The summed E-state index contributed by atoms with van der Waals surface area (Å²) in [6, 6.07) is 13.2. The van der Waals surface area contributed by atoms with E-state index in [2.05, 4.69) is 20.3 Å². The maximum absolute atomic E-state index is 12.5. The number of sulfonamides is 1. The Kier molecular flexibility index (Phi) is 5.52. The highest BCUT2D eigenvalue weighted by Crippen LogP contribution is 2.18. The van der Waals surface area contributed by atoms with Crippen molar-refractivity contribution in [2.75, 3.05) is 23.6 Å². The number of rotatable bonds is 4. The molecule has 0 fully saturated rings. The number of halogens is 1. The van der Waals surface area contributed by atoms with Gasteiger partial charge in [-0.1, -0.05) is 11.6 Å². The number of guanidine groups is 1. The summed E-state index contributed by atoms with van der Waals surface area (Å²) in [7, 11) is -3.78. The molecule has 0 spiro atoms. The van der Waals surface area contributed by atoms with Gasteiger partial charge in [-0.2, -0.15) is 0 Å². The SMILES string of the molecule is CC(=O)Nc1ccc(S(=O)(=O)NC2=NCN(c3ccc(Cl)cc3)CN2)cc1. The van der Waals surface area contributed by atoms with Crippen LogP contribution in [0.2, 0.25) is 5.02 Å². The molecule has 27 heavy (non-hydrogen) atoms. The number of hydrogen-bond donors (Lipinski definition) is 3. The lowest BCUT2D eigenvalue weighted by molar-refractivity contribution is -0.114. The van der Waals surface area contributed by atoms with Crippen LogP contribution >= 0.6 is 11.6 Å². The van der Waals surface area contributed by atoms with Crippen LogP contribution in [0.25, 0.3) is 0 Å². The molecule has 0 aromatic heterocycles. The summed E-state index contributed by atoms with van der Waals surface area (Å²) >= 11 is 5.88. The van der Waals surface area contributed by atoms with Crippen molar-refractivity contribution < 1.29 is 13.2 Å². The lowest BCUT2D eigenvalue weighted by Gasteiger charge is -2.28. The molecule has 0 unspecified atom stereocenters. The minimum absolute atomic E-state index is 0.0706. The third kappa shape index (κ3) is 4.89. The molecule has 2 aromatic rings. The third-order valence-corrected chi connectivity index (χ3v) is 5.35. The molecule has 0 radical (unpaired) electrons. The maximum Gasteiger partial charge on any atom is 0.264 e. The van der Waals surface area contributed by atoms with Gasteiger partial charge >= 0.3 is 0 Å². The van der Waals surface area contributed by atoms with Gasteiger partial charge in [-0.25, -0.2) is 18.1 Å². The van der Waals surface area contributed by atoms with Crippen molar-refractivity contribution in [1.29, 1.82) is 0 Å². The van der Waals surface area contributed by atoms with Crippen molar-refractivity contribution in [2.45, 2.75) is 11.8 Å². The van der Waals surface area contributed by atoms with E-state index in [9.17, 15) is 13.2 Å². The number of benzene rings is 2. The summed E-state index contributed by atoms with van der Waals surface area (Å²) in [5, 5.41) is 6.17. The van der Waals surface area contributed by atoms with Crippen molar-refractivity contribution in [1.82, 2.24) is 10.0 Å². The summed E-state index contributed by atoms with van der Waals surface area (Å²) in [6.07, 6.45) is 0. The van der Waals surface area contributed by atoms with Crippen molar-refractivity contribution in [3.63, 3.8) is 0 Å². The van der Waals surface area contributed by atoms with E-state index >= 15 is 0 Å². The van der Waals surface area contributed by atoms with Crippen LogP contribution < -0.4 is 20.3 Å². The predicted octanol–water partition coefficient (Wildman–Crippen LogP) is 1.96. The highest BCUT2D eigenvalue weighted by Gasteiger charge is 2.19. The number of anilines is 2. The van der Waals surface area contributed by atoms with E-state index in [4.69, 9.17) is 11.6 Å². The first kappa shape index (κ1) is 19.0. The van der Waals surface area contributed by atoms with Crippen LogP contribution in [0.5, 0.6) is 0 Å². The van der Waals surface area contributed by atoms with Gasteiger partial charge in [0.15, 0.2) is 0 Å². The fraction of sp³-hybridized carbons (Fsp3) is 0.176. The molecule has 3 N–H and O–H groups in total. The van der Waals surface area contributed by atoms with Gasteiger partial charge in [-0.3, -0.25) is 4.79 Å². The number of amides is 1. The number of carbonyl (C=O) groups is 1. The van der Waals surface area contributed by atoms with Gasteiger partial charge in [0.25, 0.3) is 10.0 Å². The molecule has 0 saturated carbocycles. The van der Waals surface area contributed by atoms with Crippen LogP contribution in [0, 0.1) is 0 Å². The standard InChI is InChI=1S/C17H18ClN5O3S/c1-12(24)21-14-4-8-16(9-5-14)27(25,26)22-17-19-10-23(11-20-17)15-6-2-13(18)3-7-15/h2-9H,10-11H2,1H3,(H,21,24)(H2,19,20,22). The molecular weight excluding hydrogens is 390 g/mol. The maximum atomic E-state index is 12.5. The summed E-state index contributed by atoms with van der Waals surface area (Å²) in [5.74, 6) is -0.0547. The Morgan fingerprint density at radius 2 is 1.81 bits per heavy atom. The zero-order chi connectivity index (χ0) is 19.4. The molecule has 3 rings (SSSR count). The van der Waals surface area contributed by atoms with E-state index in [0.717, 1.165) is 5.69 Å². The Labute approximate surface area is 162 Å². The molecule has 10 heteroatoms. The first-order valence-electron chi connectivity index (χ1n) is 8.03. The summed E-state index contributed by atoms with van der Waals surface area (Å²) < 4.78 is 27.4. The quantitative estimate of drug-likeness (QED) is 0.718. The van der Waals surface area contributed by atoms with Gasteiger partial charge in [0.05, 0.1) is 11.6 Å². The molecule has 1 aliphatic rings. The van der Waals surface area contributed by atoms with Crippen molar-refractivity contribution in [3.05, 3.63) is 53.6 Å². The van der Waals surface area contributed by atoms with Gasteiger partial charge < -0.3 is 15.5 Å². The minimum atomic E-state index is -3.78. The molecule has 0 atom stereocenters. The van der Waals surface area contributed by atoms with E-state index in [1.807, 2.05) is 17.0 Å². The van der Waals surface area contributed by atoms with Crippen molar-refractivity contribution >= 4 is 44.9 Å². The molecule has 1 amide bonds. The van der Waals surface area contributed by atoms with E-state index in [1.165, 1.54) is 31.2 Å². The molecule has 1 aliphatic heterocycles. The van der Waals surface area contributed by atoms with Crippen LogP contribution in [0.4, 0.5) is 11.4 Å². The highest BCUT2D eigenvalue weighted by atomic mass is 35.5. The fourth-order valence-corrected chi connectivity index (χ4v) is 3.56. The van der Waals surface area contributed by atoms with Crippen LogP contribution in [0.3, 0.4) is 0 Å². The number of nitrogens with one attached hydrogen (secondary N) is 3. The van der Waals surface area contributed by atoms with Crippen molar-refractivity contribution in [3.8, 4) is 0 Å². The van der Waals surface area contributed by atoms with Gasteiger partial charge in [0.2, 0.25) is 11.9 Å². The largest absolute Gasteiger partial charge is 0.338 e.